The highest BCUT2D eigenvalue weighted by Gasteiger charge is 2.34. The van der Waals surface area contributed by atoms with Crippen molar-refractivity contribution in [2.75, 3.05) is 13.1 Å². The maximum Gasteiger partial charge on any atom is 0.539 e. The molecular weight excluding hydrogens is 147 g/mol. The molecule has 0 spiro atoms. The van der Waals surface area contributed by atoms with Crippen molar-refractivity contribution < 1.29 is 18.0 Å². The van der Waals surface area contributed by atoms with Crippen LogP contribution in [0.4, 0.5) is 13.2 Å². The summed E-state index contributed by atoms with van der Waals surface area (Å²) >= 11 is 0. The summed E-state index contributed by atoms with van der Waals surface area (Å²) in [7, 11) is 0. The summed E-state index contributed by atoms with van der Waals surface area (Å²) in [6, 6.07) is 0. The SMILES string of the molecule is FC(F)(F)ON1CCCC1. The zero-order chi connectivity index (χ0) is 7.61. The van der Waals surface area contributed by atoms with E-state index in [0.717, 1.165) is 17.9 Å². The van der Waals surface area contributed by atoms with Gasteiger partial charge in [-0.25, -0.2) is 4.84 Å². The summed E-state index contributed by atoms with van der Waals surface area (Å²) in [5, 5.41) is 0.944. The highest BCUT2D eigenvalue weighted by atomic mass is 19.4. The summed E-state index contributed by atoms with van der Waals surface area (Å²) in [5.41, 5.74) is 0. The van der Waals surface area contributed by atoms with Gasteiger partial charge in [-0.1, -0.05) is 0 Å². The summed E-state index contributed by atoms with van der Waals surface area (Å²) < 4.78 is 34.3. The molecule has 2 nitrogen and oxygen atoms in total. The molecule has 1 aliphatic rings. The fourth-order valence-corrected chi connectivity index (χ4v) is 0.926. The number of rotatable bonds is 1. The molecule has 0 aliphatic carbocycles. The van der Waals surface area contributed by atoms with Gasteiger partial charge in [0.25, 0.3) is 0 Å². The molecule has 1 aliphatic heterocycles. The minimum atomic E-state index is -4.51. The van der Waals surface area contributed by atoms with E-state index in [1.807, 2.05) is 0 Å². The van der Waals surface area contributed by atoms with Gasteiger partial charge in [0.05, 0.1) is 0 Å². The van der Waals surface area contributed by atoms with Crippen molar-refractivity contribution in [2.45, 2.75) is 19.2 Å². The molecule has 0 saturated carbocycles. The van der Waals surface area contributed by atoms with Gasteiger partial charge in [0, 0.05) is 13.1 Å². The van der Waals surface area contributed by atoms with Crippen LogP contribution in [0.5, 0.6) is 0 Å². The van der Waals surface area contributed by atoms with Crippen LogP contribution >= 0.6 is 0 Å². The van der Waals surface area contributed by atoms with Crippen LogP contribution in [0.25, 0.3) is 0 Å². The van der Waals surface area contributed by atoms with Crippen LogP contribution in [0.2, 0.25) is 0 Å². The Kier molecular flexibility index (Phi) is 2.15. The molecular formula is C5H8F3NO. The second kappa shape index (κ2) is 2.75. The lowest BCUT2D eigenvalue weighted by atomic mass is 10.4. The molecule has 0 bridgehead atoms. The molecule has 10 heavy (non-hydrogen) atoms. The van der Waals surface area contributed by atoms with E-state index < -0.39 is 6.36 Å². The van der Waals surface area contributed by atoms with Gasteiger partial charge in [-0.2, -0.15) is 5.06 Å². The second-order valence-electron chi connectivity index (χ2n) is 2.17. The van der Waals surface area contributed by atoms with E-state index in [4.69, 9.17) is 0 Å². The molecule has 0 aromatic carbocycles. The Balaban J connectivity index is 2.24. The molecule has 1 rings (SSSR count). The minimum absolute atomic E-state index is 0.388. The molecule has 0 aromatic rings. The normalized spacial score (nSPS) is 21.9. The van der Waals surface area contributed by atoms with Crippen LogP contribution < -0.4 is 0 Å². The maximum atomic E-state index is 11.4. The lowest BCUT2D eigenvalue weighted by molar-refractivity contribution is -0.410. The Bertz CT molecular complexity index is 108. The van der Waals surface area contributed by atoms with E-state index in [1.165, 1.54) is 0 Å². The third-order valence-corrected chi connectivity index (χ3v) is 1.30. The summed E-state index contributed by atoms with van der Waals surface area (Å²) in [4.78, 5) is 3.63. The lowest BCUT2D eigenvalue weighted by Crippen LogP contribution is -2.28. The average molecular weight is 155 g/mol. The summed E-state index contributed by atoms with van der Waals surface area (Å²) in [5.74, 6) is 0. The van der Waals surface area contributed by atoms with Crippen LogP contribution in [0, 0.1) is 0 Å². The van der Waals surface area contributed by atoms with E-state index in [0.29, 0.717) is 13.1 Å². The highest BCUT2D eigenvalue weighted by molar-refractivity contribution is 4.57. The fraction of sp³-hybridized carbons (Fsp3) is 1.00. The molecule has 5 heteroatoms. The first kappa shape index (κ1) is 7.81. The number of nitrogens with zero attached hydrogens (tertiary/aromatic N) is 1. The second-order valence-corrected chi connectivity index (χ2v) is 2.17. The summed E-state index contributed by atoms with van der Waals surface area (Å²) in [6.07, 6.45) is -2.93. The quantitative estimate of drug-likeness (QED) is 0.569. The predicted molar refractivity (Wildman–Crippen MR) is 27.9 cm³/mol. The third-order valence-electron chi connectivity index (χ3n) is 1.30. The zero-order valence-electron chi connectivity index (χ0n) is 5.32. The largest absolute Gasteiger partial charge is 0.539 e. The first-order valence-electron chi connectivity index (χ1n) is 3.09. The molecule has 1 saturated heterocycles. The van der Waals surface area contributed by atoms with E-state index in [2.05, 4.69) is 4.84 Å². The monoisotopic (exact) mass is 155 g/mol. The van der Waals surface area contributed by atoms with E-state index in [1.54, 1.807) is 0 Å². The standard InChI is InChI=1S/C5H8F3NO/c6-5(7,8)10-9-3-1-2-4-9/h1-4H2. The smallest absolute Gasteiger partial charge is 0.200 e. The van der Waals surface area contributed by atoms with E-state index in [-0.39, 0.29) is 0 Å². The van der Waals surface area contributed by atoms with E-state index >= 15 is 0 Å². The van der Waals surface area contributed by atoms with Gasteiger partial charge in [-0.15, -0.1) is 13.2 Å². The Hall–Kier alpha value is -0.290. The molecule has 0 amide bonds. The van der Waals surface area contributed by atoms with Crippen molar-refractivity contribution in [1.82, 2.24) is 5.06 Å². The Morgan fingerprint density at radius 3 is 2.00 bits per heavy atom. The fourth-order valence-electron chi connectivity index (χ4n) is 0.926. The number of halogens is 3. The van der Waals surface area contributed by atoms with Crippen LogP contribution in [-0.4, -0.2) is 24.5 Å². The minimum Gasteiger partial charge on any atom is -0.200 e. The van der Waals surface area contributed by atoms with Crippen LogP contribution in [0.3, 0.4) is 0 Å². The Morgan fingerprint density at radius 1 is 1.10 bits per heavy atom. The van der Waals surface area contributed by atoms with Gasteiger partial charge in [0.2, 0.25) is 0 Å². The van der Waals surface area contributed by atoms with Gasteiger partial charge in [-0.05, 0) is 12.8 Å². The van der Waals surface area contributed by atoms with Crippen molar-refractivity contribution in [3.63, 3.8) is 0 Å². The van der Waals surface area contributed by atoms with Crippen molar-refractivity contribution in [1.29, 1.82) is 0 Å². The summed E-state index contributed by atoms with van der Waals surface area (Å²) in [6.45, 7) is 0.777. The van der Waals surface area contributed by atoms with Gasteiger partial charge in [0.15, 0.2) is 0 Å². The van der Waals surface area contributed by atoms with Crippen molar-refractivity contribution >= 4 is 0 Å². The van der Waals surface area contributed by atoms with Crippen LogP contribution in [0.1, 0.15) is 12.8 Å². The van der Waals surface area contributed by atoms with Crippen LogP contribution in [0.15, 0.2) is 0 Å². The molecule has 0 atom stereocenters. The van der Waals surface area contributed by atoms with E-state index in [9.17, 15) is 13.2 Å². The van der Waals surface area contributed by atoms with Crippen LogP contribution in [-0.2, 0) is 4.84 Å². The first-order chi connectivity index (χ1) is 4.58. The zero-order valence-corrected chi connectivity index (χ0v) is 5.32. The molecule has 0 radical (unpaired) electrons. The maximum absolute atomic E-state index is 11.4. The first-order valence-corrected chi connectivity index (χ1v) is 3.09. The van der Waals surface area contributed by atoms with Crippen molar-refractivity contribution in [2.24, 2.45) is 0 Å². The Morgan fingerprint density at radius 2 is 1.60 bits per heavy atom. The van der Waals surface area contributed by atoms with Gasteiger partial charge in [0.1, 0.15) is 0 Å². The van der Waals surface area contributed by atoms with Gasteiger partial charge >= 0.3 is 6.36 Å². The number of hydrogen-bond donors (Lipinski definition) is 0. The topological polar surface area (TPSA) is 12.5 Å². The third kappa shape index (κ3) is 2.53. The van der Waals surface area contributed by atoms with Gasteiger partial charge in [-0.3, -0.25) is 0 Å². The molecule has 0 aromatic heterocycles. The highest BCUT2D eigenvalue weighted by Crippen LogP contribution is 2.21. The molecule has 60 valence electrons. The molecule has 0 N–H and O–H groups in total. The van der Waals surface area contributed by atoms with Crippen molar-refractivity contribution in [3.05, 3.63) is 0 Å². The number of hydroxylamine groups is 2. The van der Waals surface area contributed by atoms with Crippen molar-refractivity contribution in [3.8, 4) is 0 Å². The molecule has 1 fully saturated rings. The Labute approximate surface area is 56.5 Å². The predicted octanol–water partition coefficient (Wildman–Crippen LogP) is 1.53. The lowest BCUT2D eigenvalue weighted by Gasteiger charge is -2.15. The van der Waals surface area contributed by atoms with Gasteiger partial charge < -0.3 is 0 Å². The number of hydrogen-bond acceptors (Lipinski definition) is 2. The molecule has 1 heterocycles. The molecule has 0 unspecified atom stereocenters. The number of alkyl halides is 3. The average Bonchev–Trinajstić information content (AvgIpc) is 2.12.